The first-order chi connectivity index (χ1) is 22.7. The van der Waals surface area contributed by atoms with Gasteiger partial charge in [-0.05, 0) is 12.8 Å². The first-order valence-electron chi connectivity index (χ1n) is 19.0. The van der Waals surface area contributed by atoms with Crippen LogP contribution in [0.15, 0.2) is 0 Å². The molecule has 0 aromatic carbocycles. The molecule has 0 saturated heterocycles. The third-order valence-electron chi connectivity index (χ3n) is 8.26. The Hall–Kier alpha value is -1.03. The molecule has 0 aliphatic carbocycles. The maximum atomic E-state index is 12.4. The largest absolute Gasteiger partial charge is 0.472 e. The first-order valence-corrected chi connectivity index (χ1v) is 20.5. The van der Waals surface area contributed by atoms with Gasteiger partial charge in [-0.1, -0.05) is 155 Å². The Balaban J connectivity index is 3.98. The van der Waals surface area contributed by atoms with Crippen molar-refractivity contribution in [2.75, 3.05) is 26.4 Å². The molecular formula is C36H71O10P. The summed E-state index contributed by atoms with van der Waals surface area (Å²) in [5.41, 5.74) is 0. The lowest BCUT2D eigenvalue weighted by atomic mass is 10.0. The van der Waals surface area contributed by atoms with Crippen molar-refractivity contribution in [2.45, 2.75) is 193 Å². The monoisotopic (exact) mass is 694 g/mol. The number of hydrogen-bond donors (Lipinski definition) is 3. The van der Waals surface area contributed by atoms with Crippen molar-refractivity contribution in [2.24, 2.45) is 0 Å². The minimum absolute atomic E-state index is 0.190. The van der Waals surface area contributed by atoms with Gasteiger partial charge in [0.1, 0.15) is 12.7 Å². The third-order valence-corrected chi connectivity index (χ3v) is 9.21. The maximum absolute atomic E-state index is 12.4. The van der Waals surface area contributed by atoms with E-state index >= 15 is 0 Å². The van der Waals surface area contributed by atoms with E-state index in [2.05, 4.69) is 11.4 Å². The number of rotatable bonds is 36. The fourth-order valence-electron chi connectivity index (χ4n) is 5.29. The van der Waals surface area contributed by atoms with E-state index < -0.39 is 51.8 Å². The van der Waals surface area contributed by atoms with Gasteiger partial charge in [0.2, 0.25) is 0 Å². The molecule has 3 N–H and O–H groups in total. The van der Waals surface area contributed by atoms with Gasteiger partial charge in [-0.2, -0.15) is 0 Å². The predicted molar refractivity (Wildman–Crippen MR) is 187 cm³/mol. The van der Waals surface area contributed by atoms with Crippen LogP contribution in [0.5, 0.6) is 0 Å². The molecular weight excluding hydrogens is 623 g/mol. The number of esters is 2. The quantitative estimate of drug-likeness (QED) is 0.0329. The molecule has 0 aliphatic heterocycles. The topological polar surface area (TPSA) is 149 Å². The molecule has 3 atom stereocenters. The second-order valence-corrected chi connectivity index (χ2v) is 14.4. The van der Waals surface area contributed by atoms with Crippen LogP contribution < -0.4 is 0 Å². The van der Waals surface area contributed by atoms with E-state index in [-0.39, 0.29) is 19.4 Å². The molecule has 0 heterocycles. The van der Waals surface area contributed by atoms with Crippen molar-refractivity contribution in [1.29, 1.82) is 0 Å². The zero-order valence-electron chi connectivity index (χ0n) is 30.0. The van der Waals surface area contributed by atoms with Gasteiger partial charge >= 0.3 is 19.8 Å². The highest BCUT2D eigenvalue weighted by Gasteiger charge is 2.27. The van der Waals surface area contributed by atoms with E-state index in [1.807, 2.05) is 6.92 Å². The number of aliphatic hydroxyl groups is 2. The minimum Gasteiger partial charge on any atom is -0.462 e. The molecule has 0 aromatic rings. The molecule has 0 saturated carbocycles. The van der Waals surface area contributed by atoms with Crippen LogP contribution in [0.3, 0.4) is 0 Å². The standard InChI is InChI=1S/C36H71O10P/c1-3-5-7-8-9-10-11-12-13-14-15-16-17-18-19-20-21-22-23-24-26-28-36(40)46-34(31-43-35(39)27-25-6-4-2)32-45-47(41,42)44-30-33(38)29-37/h33-34,37-38H,3-32H2,1-2H3,(H,41,42). The number of phosphoric ester groups is 1. The number of phosphoric acid groups is 1. The van der Waals surface area contributed by atoms with Crippen molar-refractivity contribution in [3.63, 3.8) is 0 Å². The van der Waals surface area contributed by atoms with Gasteiger partial charge in [-0.15, -0.1) is 0 Å². The van der Waals surface area contributed by atoms with Gasteiger partial charge in [0.15, 0.2) is 6.10 Å². The zero-order chi connectivity index (χ0) is 34.9. The zero-order valence-corrected chi connectivity index (χ0v) is 30.9. The summed E-state index contributed by atoms with van der Waals surface area (Å²) in [5.74, 6) is -0.943. The molecule has 10 nitrogen and oxygen atoms in total. The van der Waals surface area contributed by atoms with Gasteiger partial charge in [-0.25, -0.2) is 4.57 Å². The van der Waals surface area contributed by atoms with E-state index in [0.717, 1.165) is 32.1 Å². The van der Waals surface area contributed by atoms with Gasteiger partial charge in [0.05, 0.1) is 19.8 Å². The lowest BCUT2D eigenvalue weighted by Gasteiger charge is -2.20. The Labute approximate surface area is 286 Å². The number of ether oxygens (including phenoxy) is 2. The number of carbonyl (C=O) groups is 2. The predicted octanol–water partition coefficient (Wildman–Crippen LogP) is 9.11. The second kappa shape index (κ2) is 33.5. The molecule has 47 heavy (non-hydrogen) atoms. The number of unbranched alkanes of at least 4 members (excludes halogenated alkanes) is 22. The lowest BCUT2D eigenvalue weighted by Crippen LogP contribution is -2.29. The highest BCUT2D eigenvalue weighted by molar-refractivity contribution is 7.47. The van der Waals surface area contributed by atoms with Crippen molar-refractivity contribution in [1.82, 2.24) is 0 Å². The molecule has 11 heteroatoms. The van der Waals surface area contributed by atoms with Crippen LogP contribution in [-0.2, 0) is 32.7 Å². The van der Waals surface area contributed by atoms with Crippen molar-refractivity contribution in [3.05, 3.63) is 0 Å². The summed E-state index contributed by atoms with van der Waals surface area (Å²) in [5, 5.41) is 18.2. The summed E-state index contributed by atoms with van der Waals surface area (Å²) in [6.07, 6.45) is 27.5. The van der Waals surface area contributed by atoms with Gasteiger partial charge in [0.25, 0.3) is 0 Å². The van der Waals surface area contributed by atoms with Crippen molar-refractivity contribution in [3.8, 4) is 0 Å². The van der Waals surface area contributed by atoms with Crippen LogP contribution in [0.4, 0.5) is 0 Å². The smallest absolute Gasteiger partial charge is 0.462 e. The Morgan fingerprint density at radius 1 is 0.553 bits per heavy atom. The average Bonchev–Trinajstić information content (AvgIpc) is 3.05. The van der Waals surface area contributed by atoms with Crippen LogP contribution in [0.25, 0.3) is 0 Å². The average molecular weight is 695 g/mol. The summed E-state index contributed by atoms with van der Waals surface area (Å²) >= 11 is 0. The Morgan fingerprint density at radius 2 is 0.915 bits per heavy atom. The van der Waals surface area contributed by atoms with Crippen LogP contribution in [-0.4, -0.2) is 65.7 Å². The van der Waals surface area contributed by atoms with Crippen LogP contribution >= 0.6 is 7.82 Å². The number of aliphatic hydroxyl groups excluding tert-OH is 2. The van der Waals surface area contributed by atoms with E-state index in [1.54, 1.807) is 0 Å². The van der Waals surface area contributed by atoms with E-state index in [1.165, 1.54) is 109 Å². The molecule has 0 amide bonds. The third kappa shape index (κ3) is 33.3. The Kier molecular flexibility index (Phi) is 32.7. The summed E-state index contributed by atoms with van der Waals surface area (Å²) in [6, 6.07) is 0. The molecule has 0 fully saturated rings. The van der Waals surface area contributed by atoms with Crippen LogP contribution in [0.1, 0.15) is 181 Å². The molecule has 280 valence electrons. The molecule has 0 bridgehead atoms. The van der Waals surface area contributed by atoms with Gasteiger partial charge in [0, 0.05) is 12.8 Å². The Morgan fingerprint density at radius 3 is 1.36 bits per heavy atom. The summed E-state index contributed by atoms with van der Waals surface area (Å²) in [6.45, 7) is 2.20. The van der Waals surface area contributed by atoms with E-state index in [4.69, 9.17) is 19.1 Å². The fraction of sp³-hybridized carbons (Fsp3) is 0.944. The summed E-state index contributed by atoms with van der Waals surface area (Å²) < 4.78 is 32.2. The first kappa shape index (κ1) is 46.0. The van der Waals surface area contributed by atoms with Gasteiger partial charge in [-0.3, -0.25) is 18.6 Å². The number of carbonyl (C=O) groups excluding carboxylic acids is 2. The molecule has 0 rings (SSSR count). The molecule has 0 spiro atoms. The minimum atomic E-state index is -4.59. The molecule has 0 aromatic heterocycles. The molecule has 0 radical (unpaired) electrons. The lowest BCUT2D eigenvalue weighted by molar-refractivity contribution is -0.161. The number of hydrogen-bond acceptors (Lipinski definition) is 9. The highest BCUT2D eigenvalue weighted by atomic mass is 31.2. The van der Waals surface area contributed by atoms with Gasteiger partial charge < -0.3 is 24.6 Å². The molecule has 3 unspecified atom stereocenters. The summed E-state index contributed by atoms with van der Waals surface area (Å²) in [7, 11) is -4.59. The SMILES string of the molecule is CCCCCCCCCCCCCCCCCCCCCCCC(=O)OC(COC(=O)CCCCC)COP(=O)(O)OCC(O)CO. The highest BCUT2D eigenvalue weighted by Crippen LogP contribution is 2.43. The normalized spacial score (nSPS) is 14.1. The van der Waals surface area contributed by atoms with Crippen molar-refractivity contribution < 1.29 is 47.8 Å². The fourth-order valence-corrected chi connectivity index (χ4v) is 6.08. The van der Waals surface area contributed by atoms with E-state index in [0.29, 0.717) is 12.8 Å². The van der Waals surface area contributed by atoms with Crippen LogP contribution in [0.2, 0.25) is 0 Å². The molecule has 0 aliphatic rings. The van der Waals surface area contributed by atoms with Crippen LogP contribution in [0, 0.1) is 0 Å². The summed E-state index contributed by atoms with van der Waals surface area (Å²) in [4.78, 5) is 34.3. The van der Waals surface area contributed by atoms with E-state index in [9.17, 15) is 24.2 Å². The maximum Gasteiger partial charge on any atom is 0.472 e. The Bertz CT molecular complexity index is 766. The second-order valence-electron chi connectivity index (χ2n) is 13.0. The van der Waals surface area contributed by atoms with Crippen molar-refractivity contribution >= 4 is 19.8 Å².